The molecule has 17 heavy (non-hydrogen) atoms. The van der Waals surface area contributed by atoms with E-state index >= 15 is 0 Å². The second-order valence-corrected chi connectivity index (χ2v) is 5.90. The highest BCUT2D eigenvalue weighted by molar-refractivity contribution is 7.52. The van der Waals surface area contributed by atoms with Crippen molar-refractivity contribution in [2.75, 3.05) is 14.2 Å². The van der Waals surface area contributed by atoms with Gasteiger partial charge in [0, 0.05) is 19.6 Å². The van der Waals surface area contributed by atoms with Gasteiger partial charge in [-0.1, -0.05) is 24.3 Å². The number of pyridine rings is 1. The zero-order chi connectivity index (χ0) is 12.3. The second kappa shape index (κ2) is 4.96. The lowest BCUT2D eigenvalue weighted by molar-refractivity contribution is 0.274. The van der Waals surface area contributed by atoms with Crippen molar-refractivity contribution in [2.24, 2.45) is 0 Å². The summed E-state index contributed by atoms with van der Waals surface area (Å²) >= 11 is 0. The van der Waals surface area contributed by atoms with Crippen LogP contribution in [0.3, 0.4) is 0 Å². The summed E-state index contributed by atoms with van der Waals surface area (Å²) in [5.74, 6) is 0. The maximum absolute atomic E-state index is 12.0. The lowest BCUT2D eigenvalue weighted by Gasteiger charge is -2.13. The molecule has 0 aliphatic heterocycles. The highest BCUT2D eigenvalue weighted by atomic mass is 31.2. The molecule has 0 aliphatic carbocycles. The van der Waals surface area contributed by atoms with Crippen molar-refractivity contribution in [1.29, 1.82) is 0 Å². The highest BCUT2D eigenvalue weighted by Gasteiger charge is 2.22. The van der Waals surface area contributed by atoms with E-state index in [0.29, 0.717) is 5.69 Å². The number of rotatable bonds is 4. The molecule has 0 aliphatic rings. The third-order valence-electron chi connectivity index (χ3n) is 2.57. The molecular formula is C12H14NO3P. The lowest BCUT2D eigenvalue weighted by atomic mass is 10.2. The summed E-state index contributed by atoms with van der Waals surface area (Å²) in [4.78, 5) is 4.42. The van der Waals surface area contributed by atoms with Gasteiger partial charge in [-0.3, -0.25) is 9.55 Å². The summed E-state index contributed by atoms with van der Waals surface area (Å²) in [6, 6.07) is 11.6. The first-order chi connectivity index (χ1) is 8.17. The fourth-order valence-electron chi connectivity index (χ4n) is 1.60. The number of para-hydroxylation sites is 1. The molecule has 0 saturated carbocycles. The van der Waals surface area contributed by atoms with Crippen LogP contribution in [0.25, 0.3) is 10.9 Å². The molecule has 0 amide bonds. The first kappa shape index (κ1) is 12.2. The van der Waals surface area contributed by atoms with Crippen molar-refractivity contribution in [1.82, 2.24) is 4.98 Å². The number of fused-ring (bicyclic) bond motifs is 1. The summed E-state index contributed by atoms with van der Waals surface area (Å²) in [6.07, 6.45) is 0.185. The van der Waals surface area contributed by atoms with Crippen LogP contribution in [-0.2, 0) is 19.8 Å². The van der Waals surface area contributed by atoms with Crippen LogP contribution in [0.1, 0.15) is 5.69 Å². The Hall–Kier alpha value is -1.22. The average Bonchev–Trinajstić information content (AvgIpc) is 2.38. The van der Waals surface area contributed by atoms with Crippen LogP contribution in [0.5, 0.6) is 0 Å². The van der Waals surface area contributed by atoms with Gasteiger partial charge in [-0.2, -0.15) is 0 Å². The summed E-state index contributed by atoms with van der Waals surface area (Å²) in [6.45, 7) is 0. The second-order valence-electron chi connectivity index (χ2n) is 3.63. The third-order valence-corrected chi connectivity index (χ3v) is 4.39. The molecule has 1 heterocycles. The molecule has 1 aromatic carbocycles. The maximum atomic E-state index is 12.0. The number of nitrogens with zero attached hydrogens (tertiary/aromatic N) is 1. The van der Waals surface area contributed by atoms with Crippen molar-refractivity contribution in [3.8, 4) is 0 Å². The summed E-state index contributed by atoms with van der Waals surface area (Å²) < 4.78 is 21.8. The molecule has 0 atom stereocenters. The zero-order valence-corrected chi connectivity index (χ0v) is 10.7. The molecule has 90 valence electrons. The minimum absolute atomic E-state index is 0.185. The Kier molecular flexibility index (Phi) is 3.57. The molecule has 5 heteroatoms. The number of hydrogen-bond acceptors (Lipinski definition) is 4. The summed E-state index contributed by atoms with van der Waals surface area (Å²) in [7, 11) is -0.283. The van der Waals surface area contributed by atoms with E-state index in [0.717, 1.165) is 10.9 Å². The standard InChI is InChI=1S/C12H14NO3P/c1-15-17(14,16-2)9-11-8-7-10-5-3-4-6-12(10)13-11/h3-8H,9H2,1-2H3. The van der Waals surface area contributed by atoms with Gasteiger partial charge in [0.15, 0.2) is 0 Å². The van der Waals surface area contributed by atoms with Crippen LogP contribution in [-0.4, -0.2) is 19.2 Å². The van der Waals surface area contributed by atoms with Gasteiger partial charge in [0.2, 0.25) is 0 Å². The van der Waals surface area contributed by atoms with Crippen molar-refractivity contribution in [3.05, 3.63) is 42.1 Å². The summed E-state index contributed by atoms with van der Waals surface area (Å²) in [5, 5.41) is 1.06. The van der Waals surface area contributed by atoms with Crippen molar-refractivity contribution >= 4 is 18.5 Å². The Morgan fingerprint density at radius 1 is 1.12 bits per heavy atom. The number of hydrogen-bond donors (Lipinski definition) is 0. The lowest BCUT2D eigenvalue weighted by Crippen LogP contribution is -1.96. The fourth-order valence-corrected chi connectivity index (χ4v) is 2.58. The van der Waals surface area contributed by atoms with E-state index in [9.17, 15) is 4.57 Å². The molecular weight excluding hydrogens is 237 g/mol. The molecule has 0 bridgehead atoms. The first-order valence-electron chi connectivity index (χ1n) is 5.22. The SMILES string of the molecule is COP(=O)(Cc1ccc2ccccc2n1)OC. The van der Waals surface area contributed by atoms with E-state index in [-0.39, 0.29) is 6.16 Å². The smallest absolute Gasteiger partial charge is 0.312 e. The Morgan fingerprint density at radius 3 is 2.53 bits per heavy atom. The van der Waals surface area contributed by atoms with Gasteiger partial charge < -0.3 is 9.05 Å². The Balaban J connectivity index is 2.34. The molecule has 4 nitrogen and oxygen atoms in total. The van der Waals surface area contributed by atoms with E-state index in [1.807, 2.05) is 36.4 Å². The summed E-state index contributed by atoms with van der Waals surface area (Å²) in [5.41, 5.74) is 1.58. The van der Waals surface area contributed by atoms with Gasteiger partial charge in [-0.05, 0) is 12.1 Å². The van der Waals surface area contributed by atoms with Gasteiger partial charge in [-0.25, -0.2) is 0 Å². The van der Waals surface area contributed by atoms with Crippen molar-refractivity contribution < 1.29 is 13.6 Å². The topological polar surface area (TPSA) is 48.4 Å². The van der Waals surface area contributed by atoms with E-state index in [4.69, 9.17) is 9.05 Å². The highest BCUT2D eigenvalue weighted by Crippen LogP contribution is 2.49. The van der Waals surface area contributed by atoms with Crippen molar-refractivity contribution in [3.63, 3.8) is 0 Å². The van der Waals surface area contributed by atoms with E-state index in [1.54, 1.807) is 0 Å². The first-order valence-corrected chi connectivity index (χ1v) is 6.95. The molecule has 0 N–H and O–H groups in total. The fraction of sp³-hybridized carbons (Fsp3) is 0.250. The maximum Gasteiger partial charge on any atom is 0.336 e. The zero-order valence-electron chi connectivity index (χ0n) is 9.79. The Labute approximate surface area is 100 Å². The molecule has 0 radical (unpaired) electrons. The molecule has 2 aromatic rings. The van der Waals surface area contributed by atoms with Gasteiger partial charge >= 0.3 is 7.60 Å². The predicted octanol–water partition coefficient (Wildman–Crippen LogP) is 3.22. The van der Waals surface area contributed by atoms with Crippen molar-refractivity contribution in [2.45, 2.75) is 6.16 Å². The van der Waals surface area contributed by atoms with Gasteiger partial charge in [0.05, 0.1) is 17.4 Å². The minimum Gasteiger partial charge on any atom is -0.312 e. The number of benzene rings is 1. The molecule has 2 rings (SSSR count). The Bertz CT molecular complexity index is 562. The monoisotopic (exact) mass is 251 g/mol. The molecule has 0 saturated heterocycles. The van der Waals surface area contributed by atoms with Gasteiger partial charge in [0.1, 0.15) is 0 Å². The van der Waals surface area contributed by atoms with Crippen LogP contribution in [0.4, 0.5) is 0 Å². The third kappa shape index (κ3) is 2.72. The molecule has 0 fully saturated rings. The normalized spacial score (nSPS) is 11.9. The molecule has 0 unspecified atom stereocenters. The van der Waals surface area contributed by atoms with E-state index in [2.05, 4.69) is 4.98 Å². The van der Waals surface area contributed by atoms with E-state index < -0.39 is 7.60 Å². The molecule has 0 spiro atoms. The molecule has 1 aromatic heterocycles. The Morgan fingerprint density at radius 2 is 1.82 bits per heavy atom. The van der Waals surface area contributed by atoms with Crippen LogP contribution >= 0.6 is 7.60 Å². The van der Waals surface area contributed by atoms with Gasteiger partial charge in [-0.15, -0.1) is 0 Å². The average molecular weight is 251 g/mol. The van der Waals surface area contributed by atoms with Crippen LogP contribution in [0.15, 0.2) is 36.4 Å². The minimum atomic E-state index is -3.04. The largest absolute Gasteiger partial charge is 0.336 e. The van der Waals surface area contributed by atoms with Gasteiger partial charge in [0.25, 0.3) is 0 Å². The van der Waals surface area contributed by atoms with E-state index in [1.165, 1.54) is 14.2 Å². The van der Waals surface area contributed by atoms with Crippen LogP contribution in [0, 0.1) is 0 Å². The predicted molar refractivity (Wildman–Crippen MR) is 67.1 cm³/mol. The van der Waals surface area contributed by atoms with Crippen LogP contribution in [0.2, 0.25) is 0 Å². The van der Waals surface area contributed by atoms with Crippen LogP contribution < -0.4 is 0 Å². The number of aromatic nitrogens is 1. The quantitative estimate of drug-likeness (QED) is 0.783.